The molecule has 0 unspecified atom stereocenters. The minimum atomic E-state index is -1.96. The van der Waals surface area contributed by atoms with Crippen molar-refractivity contribution in [2.45, 2.75) is 72.6 Å². The molecule has 0 N–H and O–H groups in total. The summed E-state index contributed by atoms with van der Waals surface area (Å²) >= 11 is 2.29. The van der Waals surface area contributed by atoms with Gasteiger partial charge in [-0.2, -0.15) is 0 Å². The van der Waals surface area contributed by atoms with Gasteiger partial charge in [-0.05, 0) is 0 Å². The van der Waals surface area contributed by atoms with Crippen LogP contribution in [0.15, 0.2) is 4.09 Å². The standard InChI is InChI=1S/3C4H9.C2H2.BrH.Sn.Zn/c3*1-3-4-2;1-2;;;/h3*1,3-4H2,2H3;1-2H;1H;;/q;;;-1;;;+2/p-1. The van der Waals surface area contributed by atoms with E-state index in [0.29, 0.717) is 0 Å². The Bertz CT molecular complexity index is 141. The third-order valence-corrected chi connectivity index (χ3v) is 17.0. The van der Waals surface area contributed by atoms with Gasteiger partial charge < -0.3 is 0 Å². The van der Waals surface area contributed by atoms with Gasteiger partial charge >= 0.3 is 132 Å². The van der Waals surface area contributed by atoms with E-state index in [4.69, 9.17) is 6.58 Å². The molecule has 0 nitrogen and oxygen atoms in total. The van der Waals surface area contributed by atoms with E-state index >= 15 is 0 Å². The summed E-state index contributed by atoms with van der Waals surface area (Å²) in [7, 11) is 0. The molecule has 0 aliphatic heterocycles. The van der Waals surface area contributed by atoms with Gasteiger partial charge in [0.1, 0.15) is 0 Å². The average Bonchev–Trinajstić information content (AvgIpc) is 2.41. The molecular formula is C14H29BrSnZn. The van der Waals surface area contributed by atoms with Gasteiger partial charge in [0, 0.05) is 0 Å². The van der Waals surface area contributed by atoms with Crippen molar-refractivity contribution in [3.05, 3.63) is 10.7 Å². The van der Waals surface area contributed by atoms with Gasteiger partial charge in [0.15, 0.2) is 0 Å². The third kappa shape index (κ3) is 11.2. The first kappa shape index (κ1) is 20.9. The van der Waals surface area contributed by atoms with E-state index in [0.717, 1.165) is 0 Å². The van der Waals surface area contributed by atoms with E-state index < -0.39 is 18.4 Å². The Hall–Kier alpha value is 1.64. The van der Waals surface area contributed by atoms with Crippen molar-refractivity contribution >= 4 is 32.0 Å². The second-order valence-electron chi connectivity index (χ2n) is 4.84. The average molecular weight is 461 g/mol. The first-order chi connectivity index (χ1) is 8.24. The van der Waals surface area contributed by atoms with Crippen molar-refractivity contribution in [1.82, 2.24) is 0 Å². The van der Waals surface area contributed by atoms with E-state index in [-0.39, 0.29) is 0 Å². The molecule has 0 aromatic rings. The summed E-state index contributed by atoms with van der Waals surface area (Å²) in [6.45, 7) is 12.9. The Morgan fingerprint density at radius 2 is 1.18 bits per heavy atom. The monoisotopic (exact) mass is 460 g/mol. The minimum absolute atomic E-state index is 1.19. The Balaban J connectivity index is 0. The van der Waals surface area contributed by atoms with Crippen LogP contribution < -0.4 is 0 Å². The van der Waals surface area contributed by atoms with Crippen LogP contribution in [0.2, 0.25) is 13.3 Å². The molecule has 17 heavy (non-hydrogen) atoms. The molecule has 0 aliphatic rings. The molecule has 0 bridgehead atoms. The maximum absolute atomic E-state index is 6.00. The van der Waals surface area contributed by atoms with Crippen molar-refractivity contribution in [2.75, 3.05) is 0 Å². The first-order valence-corrected chi connectivity index (χ1v) is 21.7. The molecule has 0 amide bonds. The fourth-order valence-corrected chi connectivity index (χ4v) is 14.8. The fourth-order valence-electron chi connectivity index (χ4n) is 2.21. The van der Waals surface area contributed by atoms with Gasteiger partial charge in [-0.15, -0.1) is 0 Å². The number of hydrogen-bond acceptors (Lipinski definition) is 0. The molecule has 3 heteroatoms. The molecule has 0 aliphatic carbocycles. The molecule has 0 rings (SSSR count). The van der Waals surface area contributed by atoms with Crippen LogP contribution in [0.5, 0.6) is 0 Å². The van der Waals surface area contributed by atoms with Gasteiger partial charge in [-0.25, -0.2) is 0 Å². The molecule has 0 saturated carbocycles. The van der Waals surface area contributed by atoms with Gasteiger partial charge in [0.25, 0.3) is 0 Å². The maximum atomic E-state index is 6.00. The second-order valence-corrected chi connectivity index (χ2v) is 17.8. The van der Waals surface area contributed by atoms with Crippen molar-refractivity contribution < 1.29 is 16.3 Å². The quantitative estimate of drug-likeness (QED) is 0.268. The summed E-state index contributed by atoms with van der Waals surface area (Å²) in [5.41, 5.74) is 0. The van der Waals surface area contributed by atoms with Gasteiger partial charge in [0.05, 0.1) is 0 Å². The first-order valence-electron chi connectivity index (χ1n) is 7.07. The van der Waals surface area contributed by atoms with E-state index in [1.54, 1.807) is 0 Å². The molecule has 0 saturated heterocycles. The SMILES string of the molecule is [CH-]=[CH][Sn]([CH2]CCC)([CH2]CCC)[CH2]CCC.[Zn+][Br]. The predicted octanol–water partition coefficient (Wildman–Crippen LogP) is 6.21. The van der Waals surface area contributed by atoms with Crippen LogP contribution in [0.3, 0.4) is 0 Å². The van der Waals surface area contributed by atoms with Crippen molar-refractivity contribution in [3.63, 3.8) is 0 Å². The van der Waals surface area contributed by atoms with Crippen LogP contribution in [0.25, 0.3) is 0 Å². The molecule has 0 atom stereocenters. The summed E-state index contributed by atoms with van der Waals surface area (Å²) in [4.78, 5) is 0. The number of hydrogen-bond donors (Lipinski definition) is 0. The fraction of sp³-hybridized carbons (Fsp3) is 0.857. The van der Waals surface area contributed by atoms with Crippen LogP contribution >= 0.6 is 13.6 Å². The molecule has 0 heterocycles. The summed E-state index contributed by atoms with van der Waals surface area (Å²) in [5, 5.41) is 0. The van der Waals surface area contributed by atoms with Crippen LogP contribution in [-0.4, -0.2) is 18.4 Å². The Kier molecular flexibility index (Phi) is 19.3. The van der Waals surface area contributed by atoms with Crippen LogP contribution in [0, 0.1) is 6.58 Å². The molecular weight excluding hydrogens is 432 g/mol. The van der Waals surface area contributed by atoms with Gasteiger partial charge in [-0.3, -0.25) is 0 Å². The van der Waals surface area contributed by atoms with E-state index in [1.807, 2.05) is 0 Å². The Morgan fingerprint density at radius 1 is 0.882 bits per heavy atom. The Labute approximate surface area is 130 Å². The van der Waals surface area contributed by atoms with Crippen LogP contribution in [0.1, 0.15) is 59.3 Å². The van der Waals surface area contributed by atoms with E-state index in [2.05, 4.69) is 38.5 Å². The topological polar surface area (TPSA) is 0 Å². The third-order valence-electron chi connectivity index (χ3n) is 3.44. The molecule has 0 aromatic carbocycles. The molecule has 0 radical (unpaired) electrons. The summed E-state index contributed by atoms with van der Waals surface area (Å²) in [6.07, 6.45) is 8.26. The molecule has 98 valence electrons. The Morgan fingerprint density at radius 3 is 1.35 bits per heavy atom. The molecule has 0 spiro atoms. The van der Waals surface area contributed by atoms with Crippen LogP contribution in [0.4, 0.5) is 0 Å². The molecule has 0 aromatic heterocycles. The summed E-state index contributed by atoms with van der Waals surface area (Å²) in [5.74, 6) is 0. The van der Waals surface area contributed by atoms with Crippen LogP contribution in [-0.2, 0) is 16.3 Å². The van der Waals surface area contributed by atoms with Crippen molar-refractivity contribution in [2.24, 2.45) is 0 Å². The van der Waals surface area contributed by atoms with Crippen molar-refractivity contribution in [1.29, 1.82) is 0 Å². The van der Waals surface area contributed by atoms with E-state index in [1.165, 1.54) is 68.2 Å². The summed E-state index contributed by atoms with van der Waals surface area (Å²) in [6, 6.07) is 0. The summed E-state index contributed by atoms with van der Waals surface area (Å²) < 4.78 is 6.72. The molecule has 0 fully saturated rings. The number of rotatable bonds is 10. The van der Waals surface area contributed by atoms with Gasteiger partial charge in [0.2, 0.25) is 0 Å². The van der Waals surface area contributed by atoms with E-state index in [9.17, 15) is 0 Å². The van der Waals surface area contributed by atoms with Crippen molar-refractivity contribution in [3.8, 4) is 0 Å². The predicted molar refractivity (Wildman–Crippen MR) is 82.7 cm³/mol. The number of halogens is 1. The second kappa shape index (κ2) is 15.7. The zero-order valence-electron chi connectivity index (χ0n) is 12.1. The number of unbranched alkanes of at least 4 members (excludes halogenated alkanes) is 3. The normalized spacial score (nSPS) is 10.7. The zero-order chi connectivity index (χ0) is 13.6. The van der Waals surface area contributed by atoms with Gasteiger partial charge in [-0.1, -0.05) is 0 Å². The zero-order valence-corrected chi connectivity index (χ0v) is 19.5.